The number of aliphatic hydroxyl groups is 1. The molecule has 5 heteroatoms. The van der Waals surface area contributed by atoms with Crippen molar-refractivity contribution in [2.75, 3.05) is 20.1 Å². The van der Waals surface area contributed by atoms with E-state index in [1.54, 1.807) is 0 Å². The van der Waals surface area contributed by atoms with Crippen LogP contribution in [-0.2, 0) is 18.6 Å². The highest BCUT2D eigenvalue weighted by Gasteiger charge is 2.38. The molecule has 0 spiro atoms. The summed E-state index contributed by atoms with van der Waals surface area (Å²) in [5.74, 6) is 2.22. The van der Waals surface area contributed by atoms with Gasteiger partial charge < -0.3 is 10.0 Å². The van der Waals surface area contributed by atoms with E-state index in [0.29, 0.717) is 5.92 Å². The van der Waals surface area contributed by atoms with Crippen LogP contribution >= 0.6 is 0 Å². The van der Waals surface area contributed by atoms with Crippen LogP contribution in [0.3, 0.4) is 0 Å². The monoisotopic (exact) mass is 354 g/mol. The Kier molecular flexibility index (Phi) is 5.09. The van der Waals surface area contributed by atoms with Gasteiger partial charge in [-0.2, -0.15) is 5.10 Å². The number of piperidine rings is 1. The number of hydrogen-bond donors (Lipinski definition) is 1. The highest BCUT2D eigenvalue weighted by molar-refractivity contribution is 5.15. The molecule has 0 radical (unpaired) electrons. The van der Waals surface area contributed by atoms with Crippen molar-refractivity contribution < 1.29 is 5.11 Å². The van der Waals surface area contributed by atoms with Crippen LogP contribution in [0.4, 0.5) is 0 Å². The van der Waals surface area contributed by atoms with Crippen LogP contribution in [0.15, 0.2) is 30.3 Å². The van der Waals surface area contributed by atoms with Gasteiger partial charge in [-0.05, 0) is 44.7 Å². The minimum Gasteiger partial charge on any atom is -0.382 e. The minimum absolute atomic E-state index is 0.474. The quantitative estimate of drug-likeness (QED) is 0.896. The summed E-state index contributed by atoms with van der Waals surface area (Å²) < 4.78 is 2.01. The lowest BCUT2D eigenvalue weighted by molar-refractivity contribution is -0.0311. The first-order chi connectivity index (χ1) is 12.6. The van der Waals surface area contributed by atoms with Gasteiger partial charge >= 0.3 is 0 Å². The highest BCUT2D eigenvalue weighted by Crippen LogP contribution is 2.36. The van der Waals surface area contributed by atoms with Gasteiger partial charge in [-0.25, -0.2) is 9.67 Å². The van der Waals surface area contributed by atoms with E-state index in [4.69, 9.17) is 10.1 Å². The molecule has 4 rings (SSSR count). The number of hydrogen-bond acceptors (Lipinski definition) is 4. The van der Waals surface area contributed by atoms with Crippen molar-refractivity contribution in [1.29, 1.82) is 0 Å². The summed E-state index contributed by atoms with van der Waals surface area (Å²) in [4.78, 5) is 7.18. The molecule has 1 saturated carbocycles. The molecule has 2 aliphatic rings. The van der Waals surface area contributed by atoms with Gasteiger partial charge in [0.25, 0.3) is 0 Å². The van der Waals surface area contributed by atoms with E-state index in [0.717, 1.165) is 50.5 Å². The molecule has 0 bridgehead atoms. The Morgan fingerprint density at radius 1 is 1.12 bits per heavy atom. The minimum atomic E-state index is -0.840. The van der Waals surface area contributed by atoms with E-state index in [-0.39, 0.29) is 0 Å². The summed E-state index contributed by atoms with van der Waals surface area (Å²) in [6, 6.07) is 10.5. The molecule has 1 aromatic carbocycles. The van der Waals surface area contributed by atoms with Crippen LogP contribution in [-0.4, -0.2) is 44.9 Å². The maximum atomic E-state index is 11.3. The number of aryl methyl sites for hydroxylation is 2. The normalized spacial score (nSPS) is 21.3. The van der Waals surface area contributed by atoms with Crippen molar-refractivity contribution in [3.63, 3.8) is 0 Å². The molecule has 0 unspecified atom stereocenters. The average molecular weight is 354 g/mol. The van der Waals surface area contributed by atoms with E-state index >= 15 is 0 Å². The van der Waals surface area contributed by atoms with Crippen molar-refractivity contribution in [3.05, 3.63) is 47.5 Å². The van der Waals surface area contributed by atoms with E-state index in [2.05, 4.69) is 36.2 Å². The van der Waals surface area contributed by atoms with Crippen molar-refractivity contribution in [3.8, 4) is 0 Å². The van der Waals surface area contributed by atoms with Gasteiger partial charge in [0.05, 0.1) is 0 Å². The second-order valence-electron chi connectivity index (χ2n) is 8.07. The van der Waals surface area contributed by atoms with Gasteiger partial charge in [0.1, 0.15) is 5.60 Å². The van der Waals surface area contributed by atoms with Crippen LogP contribution < -0.4 is 0 Å². The molecular weight excluding hydrogens is 324 g/mol. The number of benzene rings is 1. The van der Waals surface area contributed by atoms with Crippen LogP contribution in [0.2, 0.25) is 0 Å². The highest BCUT2D eigenvalue weighted by atomic mass is 16.3. The molecule has 2 fully saturated rings. The largest absolute Gasteiger partial charge is 0.382 e. The first-order valence-electron chi connectivity index (χ1n) is 10.0. The molecular formula is C21H30N4O. The SMILES string of the molecule is CN1CCC(O)(c2nc(C3CCCC3)nn2CCc2ccccc2)CC1. The lowest BCUT2D eigenvalue weighted by atomic mass is 9.90. The molecule has 0 amide bonds. The zero-order valence-corrected chi connectivity index (χ0v) is 15.8. The Bertz CT molecular complexity index is 713. The molecule has 1 saturated heterocycles. The fraction of sp³-hybridized carbons (Fsp3) is 0.619. The van der Waals surface area contributed by atoms with Gasteiger partial charge in [0.15, 0.2) is 11.6 Å². The Balaban J connectivity index is 1.59. The zero-order valence-electron chi connectivity index (χ0n) is 15.8. The van der Waals surface area contributed by atoms with Crippen molar-refractivity contribution in [1.82, 2.24) is 19.7 Å². The third kappa shape index (κ3) is 3.69. The molecule has 26 heavy (non-hydrogen) atoms. The molecule has 2 heterocycles. The van der Waals surface area contributed by atoms with Crippen LogP contribution in [0.5, 0.6) is 0 Å². The second-order valence-corrected chi connectivity index (χ2v) is 8.07. The van der Waals surface area contributed by atoms with Gasteiger partial charge in [-0.15, -0.1) is 0 Å². The van der Waals surface area contributed by atoms with Crippen molar-refractivity contribution in [2.45, 2.75) is 63.0 Å². The zero-order chi connectivity index (χ0) is 18.0. The summed E-state index contributed by atoms with van der Waals surface area (Å²) in [6.07, 6.45) is 7.29. The van der Waals surface area contributed by atoms with Crippen molar-refractivity contribution >= 4 is 0 Å². The molecule has 2 aromatic rings. The summed E-state index contributed by atoms with van der Waals surface area (Å²) >= 11 is 0. The molecule has 1 N–H and O–H groups in total. The summed E-state index contributed by atoms with van der Waals surface area (Å²) in [7, 11) is 2.11. The maximum absolute atomic E-state index is 11.3. The van der Waals surface area contributed by atoms with Crippen LogP contribution in [0.25, 0.3) is 0 Å². The predicted molar refractivity (Wildman–Crippen MR) is 102 cm³/mol. The molecule has 0 atom stereocenters. The number of aromatic nitrogens is 3. The fourth-order valence-corrected chi connectivity index (χ4v) is 4.31. The Morgan fingerprint density at radius 2 is 1.81 bits per heavy atom. The summed E-state index contributed by atoms with van der Waals surface area (Å²) in [5.41, 5.74) is 0.458. The second kappa shape index (κ2) is 7.49. The van der Waals surface area contributed by atoms with Gasteiger partial charge in [-0.1, -0.05) is 43.2 Å². The molecule has 140 valence electrons. The first-order valence-corrected chi connectivity index (χ1v) is 10.0. The lowest BCUT2D eigenvalue weighted by Gasteiger charge is -2.35. The summed E-state index contributed by atoms with van der Waals surface area (Å²) in [5, 5.41) is 16.2. The molecule has 1 aromatic heterocycles. The Labute approximate surface area is 156 Å². The maximum Gasteiger partial charge on any atom is 0.159 e. The summed E-state index contributed by atoms with van der Waals surface area (Å²) in [6.45, 7) is 2.58. The third-order valence-electron chi connectivity index (χ3n) is 6.09. The third-order valence-corrected chi connectivity index (χ3v) is 6.09. The number of nitrogens with zero attached hydrogens (tertiary/aromatic N) is 4. The fourth-order valence-electron chi connectivity index (χ4n) is 4.31. The van der Waals surface area contributed by atoms with Crippen molar-refractivity contribution in [2.24, 2.45) is 0 Å². The van der Waals surface area contributed by atoms with Crippen LogP contribution in [0, 0.1) is 0 Å². The predicted octanol–water partition coefficient (Wildman–Crippen LogP) is 3.09. The Morgan fingerprint density at radius 3 is 2.50 bits per heavy atom. The smallest absolute Gasteiger partial charge is 0.159 e. The van der Waals surface area contributed by atoms with Gasteiger partial charge in [-0.3, -0.25) is 0 Å². The number of rotatable bonds is 5. The topological polar surface area (TPSA) is 54.2 Å². The van der Waals surface area contributed by atoms with E-state index < -0.39 is 5.60 Å². The lowest BCUT2D eigenvalue weighted by Crippen LogP contribution is -2.42. The standard InChI is InChI=1S/C21H30N4O/c1-24-15-12-21(26,13-16-24)20-22-19(18-9-5-6-10-18)23-25(20)14-11-17-7-3-2-4-8-17/h2-4,7-8,18,26H,5-6,9-16H2,1H3. The first kappa shape index (κ1) is 17.7. The molecule has 1 aliphatic carbocycles. The number of likely N-dealkylation sites (tertiary alicyclic amines) is 1. The molecule has 5 nitrogen and oxygen atoms in total. The van der Waals surface area contributed by atoms with Gasteiger partial charge in [0.2, 0.25) is 0 Å². The van der Waals surface area contributed by atoms with E-state index in [9.17, 15) is 5.11 Å². The molecule has 1 aliphatic heterocycles. The van der Waals surface area contributed by atoms with E-state index in [1.165, 1.54) is 31.2 Å². The van der Waals surface area contributed by atoms with E-state index in [1.807, 2.05) is 10.7 Å². The Hall–Kier alpha value is -1.72. The van der Waals surface area contributed by atoms with Crippen LogP contribution in [0.1, 0.15) is 61.7 Å². The van der Waals surface area contributed by atoms with Gasteiger partial charge in [0, 0.05) is 25.6 Å². The average Bonchev–Trinajstić information content (AvgIpc) is 3.33.